The van der Waals surface area contributed by atoms with E-state index >= 15 is 0 Å². The lowest BCUT2D eigenvalue weighted by Gasteiger charge is -2.32. The Kier molecular flexibility index (Phi) is 6.89. The lowest BCUT2D eigenvalue weighted by molar-refractivity contribution is 0.0115. The van der Waals surface area contributed by atoms with Crippen LogP contribution in [0.1, 0.15) is 38.7 Å². The van der Waals surface area contributed by atoms with Gasteiger partial charge in [-0.1, -0.05) is 6.92 Å². The van der Waals surface area contributed by atoms with Crippen LogP contribution in [0.5, 0.6) is 5.75 Å². The maximum atomic E-state index is 12.4. The standard InChI is InChI=1S/C18H25N3O3/c1-3-10-24-16-6-5-9-21(13-16)18(22)20-15-7-8-17(23-4-2)14(11-15)12-19/h7-8,11,16H,3-6,9-10,13H2,1-2H3,(H,20,22)/t16-/m1/s1. The molecule has 130 valence electrons. The van der Waals surface area contributed by atoms with E-state index in [9.17, 15) is 10.1 Å². The molecule has 0 aromatic heterocycles. The van der Waals surface area contributed by atoms with Gasteiger partial charge in [0.15, 0.2) is 0 Å². The van der Waals surface area contributed by atoms with Crippen molar-refractivity contribution in [3.8, 4) is 11.8 Å². The Morgan fingerprint density at radius 3 is 3.00 bits per heavy atom. The molecule has 1 aromatic carbocycles. The third kappa shape index (κ3) is 4.87. The molecule has 6 heteroatoms. The number of nitrogens with zero attached hydrogens (tertiary/aromatic N) is 2. The Balaban J connectivity index is 1.97. The van der Waals surface area contributed by atoms with Crippen molar-refractivity contribution < 1.29 is 14.3 Å². The normalized spacial score (nSPS) is 17.2. The van der Waals surface area contributed by atoms with E-state index in [2.05, 4.69) is 18.3 Å². The Bertz CT molecular complexity index is 598. The molecule has 1 aliphatic rings. The Labute approximate surface area is 143 Å². The number of piperidine rings is 1. The minimum Gasteiger partial charge on any atom is -0.492 e. The van der Waals surface area contributed by atoms with Gasteiger partial charge in [-0.25, -0.2) is 4.79 Å². The number of amides is 2. The van der Waals surface area contributed by atoms with Crippen molar-refractivity contribution in [2.24, 2.45) is 0 Å². The number of hydrogen-bond acceptors (Lipinski definition) is 4. The second kappa shape index (κ2) is 9.14. The first-order valence-electron chi connectivity index (χ1n) is 8.52. The highest BCUT2D eigenvalue weighted by Crippen LogP contribution is 2.23. The van der Waals surface area contributed by atoms with Crippen LogP contribution in [0, 0.1) is 11.3 Å². The maximum absolute atomic E-state index is 12.4. The quantitative estimate of drug-likeness (QED) is 0.867. The van der Waals surface area contributed by atoms with Crippen molar-refractivity contribution >= 4 is 11.7 Å². The fourth-order valence-electron chi connectivity index (χ4n) is 2.72. The number of likely N-dealkylation sites (tertiary alicyclic amines) is 1. The molecule has 24 heavy (non-hydrogen) atoms. The third-order valence-corrected chi connectivity index (χ3v) is 3.87. The zero-order valence-electron chi connectivity index (χ0n) is 14.4. The summed E-state index contributed by atoms with van der Waals surface area (Å²) in [7, 11) is 0. The molecule has 1 N–H and O–H groups in total. The largest absolute Gasteiger partial charge is 0.492 e. The predicted octanol–water partition coefficient (Wildman–Crippen LogP) is 3.38. The molecule has 1 atom stereocenters. The summed E-state index contributed by atoms with van der Waals surface area (Å²) in [4.78, 5) is 14.2. The topological polar surface area (TPSA) is 74.6 Å². The summed E-state index contributed by atoms with van der Waals surface area (Å²) >= 11 is 0. The van der Waals surface area contributed by atoms with Gasteiger partial charge in [0.25, 0.3) is 0 Å². The van der Waals surface area contributed by atoms with Crippen LogP contribution >= 0.6 is 0 Å². The Morgan fingerprint density at radius 2 is 2.29 bits per heavy atom. The molecule has 0 aliphatic carbocycles. The molecular formula is C18H25N3O3. The van der Waals surface area contributed by atoms with Crippen LogP contribution in [0.2, 0.25) is 0 Å². The van der Waals surface area contributed by atoms with E-state index in [0.29, 0.717) is 30.2 Å². The molecule has 0 bridgehead atoms. The molecule has 1 fully saturated rings. The first-order chi connectivity index (χ1) is 11.7. The zero-order chi connectivity index (χ0) is 17.4. The SMILES string of the molecule is CCCO[C@@H]1CCCN(C(=O)Nc2ccc(OCC)c(C#N)c2)C1. The van der Waals surface area contributed by atoms with Crippen molar-refractivity contribution in [3.05, 3.63) is 23.8 Å². The summed E-state index contributed by atoms with van der Waals surface area (Å²) in [5, 5.41) is 12.1. The summed E-state index contributed by atoms with van der Waals surface area (Å²) < 4.78 is 11.2. The number of nitriles is 1. The number of ether oxygens (including phenoxy) is 2. The van der Waals surface area contributed by atoms with Gasteiger partial charge >= 0.3 is 6.03 Å². The van der Waals surface area contributed by atoms with Crippen molar-refractivity contribution in [2.45, 2.75) is 39.2 Å². The van der Waals surface area contributed by atoms with Gasteiger partial charge in [0.05, 0.1) is 18.3 Å². The van der Waals surface area contributed by atoms with E-state index in [1.807, 2.05) is 6.92 Å². The van der Waals surface area contributed by atoms with Gasteiger partial charge in [-0.15, -0.1) is 0 Å². The van der Waals surface area contributed by atoms with Gasteiger partial charge in [-0.3, -0.25) is 0 Å². The van der Waals surface area contributed by atoms with Gasteiger partial charge in [0.1, 0.15) is 11.8 Å². The summed E-state index contributed by atoms with van der Waals surface area (Å²) in [5.74, 6) is 0.531. The Hall–Kier alpha value is -2.26. The molecule has 1 aromatic rings. The summed E-state index contributed by atoms with van der Waals surface area (Å²) in [5.41, 5.74) is 1.01. The number of hydrogen-bond donors (Lipinski definition) is 1. The zero-order valence-corrected chi connectivity index (χ0v) is 14.4. The van der Waals surface area contributed by atoms with Gasteiger partial charge < -0.3 is 19.7 Å². The Morgan fingerprint density at radius 1 is 1.46 bits per heavy atom. The molecule has 0 spiro atoms. The fourth-order valence-corrected chi connectivity index (χ4v) is 2.72. The lowest BCUT2D eigenvalue weighted by Crippen LogP contribution is -2.45. The highest BCUT2D eigenvalue weighted by Gasteiger charge is 2.24. The smallest absolute Gasteiger partial charge is 0.321 e. The number of anilines is 1. The van der Waals surface area contributed by atoms with E-state index in [0.717, 1.165) is 32.4 Å². The van der Waals surface area contributed by atoms with Gasteiger partial charge in [-0.05, 0) is 44.4 Å². The van der Waals surface area contributed by atoms with Crippen molar-refractivity contribution in [3.63, 3.8) is 0 Å². The molecule has 1 aliphatic heterocycles. The fraction of sp³-hybridized carbons (Fsp3) is 0.556. The highest BCUT2D eigenvalue weighted by molar-refractivity contribution is 5.89. The second-order valence-electron chi connectivity index (χ2n) is 5.77. The molecule has 1 heterocycles. The van der Waals surface area contributed by atoms with Gasteiger partial charge in [-0.2, -0.15) is 5.26 Å². The van der Waals surface area contributed by atoms with Gasteiger partial charge in [0, 0.05) is 25.4 Å². The number of nitrogens with one attached hydrogen (secondary N) is 1. The van der Waals surface area contributed by atoms with Crippen LogP contribution in [-0.4, -0.2) is 43.3 Å². The first kappa shape index (κ1) is 18.1. The monoisotopic (exact) mass is 331 g/mol. The van der Waals surface area contributed by atoms with Crippen LogP contribution in [0.4, 0.5) is 10.5 Å². The molecule has 0 saturated carbocycles. The molecule has 0 radical (unpaired) electrons. The van der Waals surface area contributed by atoms with E-state index in [1.54, 1.807) is 23.1 Å². The number of benzene rings is 1. The van der Waals surface area contributed by atoms with Crippen molar-refractivity contribution in [2.75, 3.05) is 31.6 Å². The van der Waals surface area contributed by atoms with E-state index in [-0.39, 0.29) is 12.1 Å². The van der Waals surface area contributed by atoms with E-state index < -0.39 is 0 Å². The van der Waals surface area contributed by atoms with Gasteiger partial charge in [0.2, 0.25) is 0 Å². The van der Waals surface area contributed by atoms with Crippen LogP contribution in [0.25, 0.3) is 0 Å². The average molecular weight is 331 g/mol. The number of carbonyl (C=O) groups excluding carboxylic acids is 1. The number of urea groups is 1. The number of carbonyl (C=O) groups is 1. The minimum atomic E-state index is -0.159. The summed E-state index contributed by atoms with van der Waals surface area (Å²) in [6.45, 7) is 6.49. The van der Waals surface area contributed by atoms with E-state index in [1.165, 1.54) is 0 Å². The van der Waals surface area contributed by atoms with Crippen LogP contribution in [0.3, 0.4) is 0 Å². The summed E-state index contributed by atoms with van der Waals surface area (Å²) in [6.07, 6.45) is 3.02. The maximum Gasteiger partial charge on any atom is 0.321 e. The van der Waals surface area contributed by atoms with Crippen molar-refractivity contribution in [1.82, 2.24) is 4.90 Å². The van der Waals surface area contributed by atoms with Crippen LogP contribution in [-0.2, 0) is 4.74 Å². The molecular weight excluding hydrogens is 306 g/mol. The molecule has 0 unspecified atom stereocenters. The molecule has 2 rings (SSSR count). The average Bonchev–Trinajstić information content (AvgIpc) is 2.61. The molecule has 1 saturated heterocycles. The highest BCUT2D eigenvalue weighted by atomic mass is 16.5. The molecule has 6 nitrogen and oxygen atoms in total. The second-order valence-corrected chi connectivity index (χ2v) is 5.77. The third-order valence-electron chi connectivity index (χ3n) is 3.87. The minimum absolute atomic E-state index is 0.111. The predicted molar refractivity (Wildman–Crippen MR) is 92.2 cm³/mol. The first-order valence-corrected chi connectivity index (χ1v) is 8.52. The van der Waals surface area contributed by atoms with Crippen molar-refractivity contribution in [1.29, 1.82) is 5.26 Å². The summed E-state index contributed by atoms with van der Waals surface area (Å²) in [6, 6.07) is 7.03. The number of rotatable bonds is 6. The van der Waals surface area contributed by atoms with Crippen LogP contribution in [0.15, 0.2) is 18.2 Å². The van der Waals surface area contributed by atoms with Crippen LogP contribution < -0.4 is 10.1 Å². The van der Waals surface area contributed by atoms with E-state index in [4.69, 9.17) is 9.47 Å². The lowest BCUT2D eigenvalue weighted by atomic mass is 10.1. The molecule has 2 amide bonds.